The third kappa shape index (κ3) is 2.08. The van der Waals surface area contributed by atoms with E-state index in [0.717, 1.165) is 4.88 Å². The van der Waals surface area contributed by atoms with Crippen molar-refractivity contribution in [3.63, 3.8) is 0 Å². The van der Waals surface area contributed by atoms with E-state index in [-0.39, 0.29) is 5.92 Å². The molecule has 0 fully saturated rings. The lowest BCUT2D eigenvalue weighted by atomic mass is 9.96. The molecule has 66 valence electrons. The van der Waals surface area contributed by atoms with Gasteiger partial charge in [-0.3, -0.25) is 0 Å². The van der Waals surface area contributed by atoms with E-state index in [1.54, 1.807) is 11.4 Å². The Kier molecular flexibility index (Phi) is 3.06. The average molecular weight is 190 g/mol. The zero-order chi connectivity index (χ0) is 9.84. The normalized spacial score (nSPS) is 12.1. The molecule has 1 rings (SSSR count). The number of hydrogen-bond donors (Lipinski definition) is 0. The van der Waals surface area contributed by atoms with Gasteiger partial charge in [0.15, 0.2) is 0 Å². The molecule has 1 heterocycles. The summed E-state index contributed by atoms with van der Waals surface area (Å²) in [7, 11) is 0. The van der Waals surface area contributed by atoms with Crippen molar-refractivity contribution in [2.24, 2.45) is 5.92 Å². The predicted molar refractivity (Wildman–Crippen MR) is 52.2 cm³/mol. The van der Waals surface area contributed by atoms with E-state index in [0.29, 0.717) is 11.5 Å². The zero-order valence-corrected chi connectivity index (χ0v) is 8.43. The molecule has 0 amide bonds. The second kappa shape index (κ2) is 4.07. The van der Waals surface area contributed by atoms with Crippen LogP contribution in [0.3, 0.4) is 0 Å². The van der Waals surface area contributed by atoms with Crippen LogP contribution >= 0.6 is 11.3 Å². The SMILES string of the molecule is CC(C)C(C#N)c1cc(C#N)cs1. The fraction of sp³-hybridized carbons (Fsp3) is 0.400. The summed E-state index contributed by atoms with van der Waals surface area (Å²) >= 11 is 1.49. The van der Waals surface area contributed by atoms with E-state index in [2.05, 4.69) is 12.1 Å². The van der Waals surface area contributed by atoms with Crippen LogP contribution in [0, 0.1) is 28.6 Å². The largest absolute Gasteiger partial charge is 0.198 e. The highest BCUT2D eigenvalue weighted by atomic mass is 32.1. The molecule has 0 bridgehead atoms. The molecule has 1 aromatic rings. The molecular weight excluding hydrogens is 180 g/mol. The van der Waals surface area contributed by atoms with Crippen molar-refractivity contribution < 1.29 is 0 Å². The lowest BCUT2D eigenvalue weighted by Gasteiger charge is -2.09. The van der Waals surface area contributed by atoms with Crippen LogP contribution < -0.4 is 0 Å². The molecule has 0 aliphatic heterocycles. The molecule has 1 unspecified atom stereocenters. The minimum absolute atomic E-state index is 0.0768. The second-order valence-corrected chi connectivity index (χ2v) is 4.14. The van der Waals surface area contributed by atoms with E-state index in [4.69, 9.17) is 10.5 Å². The van der Waals surface area contributed by atoms with Crippen molar-refractivity contribution >= 4 is 11.3 Å². The molecule has 0 spiro atoms. The number of rotatable bonds is 2. The molecular formula is C10H10N2S. The van der Waals surface area contributed by atoms with Gasteiger partial charge in [-0.25, -0.2) is 0 Å². The fourth-order valence-electron chi connectivity index (χ4n) is 1.12. The van der Waals surface area contributed by atoms with Crippen LogP contribution in [-0.2, 0) is 0 Å². The summed E-state index contributed by atoms with van der Waals surface area (Å²) in [4.78, 5) is 0.994. The third-order valence-corrected chi connectivity index (χ3v) is 2.88. The molecule has 0 aliphatic rings. The molecule has 0 N–H and O–H groups in total. The smallest absolute Gasteiger partial charge is 0.100 e. The number of hydrogen-bond acceptors (Lipinski definition) is 3. The lowest BCUT2D eigenvalue weighted by Crippen LogP contribution is -2.01. The van der Waals surface area contributed by atoms with E-state index in [9.17, 15) is 0 Å². The fourth-order valence-corrected chi connectivity index (χ4v) is 2.17. The maximum Gasteiger partial charge on any atom is 0.100 e. The monoisotopic (exact) mass is 190 g/mol. The highest BCUT2D eigenvalue weighted by Gasteiger charge is 2.16. The van der Waals surface area contributed by atoms with Gasteiger partial charge in [-0.1, -0.05) is 13.8 Å². The van der Waals surface area contributed by atoms with E-state index in [1.165, 1.54) is 11.3 Å². The van der Waals surface area contributed by atoms with Gasteiger partial charge in [-0.05, 0) is 12.0 Å². The van der Waals surface area contributed by atoms with Gasteiger partial charge in [-0.2, -0.15) is 10.5 Å². The van der Waals surface area contributed by atoms with Gasteiger partial charge in [0.2, 0.25) is 0 Å². The molecule has 0 saturated heterocycles. The number of thiophene rings is 1. The Hall–Kier alpha value is -1.32. The molecule has 0 radical (unpaired) electrons. The van der Waals surface area contributed by atoms with Gasteiger partial charge >= 0.3 is 0 Å². The first-order valence-corrected chi connectivity index (χ1v) is 4.95. The first-order valence-electron chi connectivity index (χ1n) is 4.07. The van der Waals surface area contributed by atoms with Crippen molar-refractivity contribution in [1.29, 1.82) is 10.5 Å². The van der Waals surface area contributed by atoms with Crippen LogP contribution in [0.4, 0.5) is 0 Å². The highest BCUT2D eigenvalue weighted by molar-refractivity contribution is 7.10. The third-order valence-electron chi connectivity index (χ3n) is 1.86. The quantitative estimate of drug-likeness (QED) is 0.719. The van der Waals surface area contributed by atoms with Crippen LogP contribution in [0.15, 0.2) is 11.4 Å². The Morgan fingerprint density at radius 1 is 1.38 bits per heavy atom. The Morgan fingerprint density at radius 2 is 2.08 bits per heavy atom. The van der Waals surface area contributed by atoms with Crippen LogP contribution in [-0.4, -0.2) is 0 Å². The van der Waals surface area contributed by atoms with Gasteiger partial charge < -0.3 is 0 Å². The van der Waals surface area contributed by atoms with Crippen molar-refractivity contribution in [3.8, 4) is 12.1 Å². The van der Waals surface area contributed by atoms with Crippen LogP contribution in [0.25, 0.3) is 0 Å². The van der Waals surface area contributed by atoms with Gasteiger partial charge in [0, 0.05) is 10.3 Å². The second-order valence-electron chi connectivity index (χ2n) is 3.20. The topological polar surface area (TPSA) is 47.6 Å². The van der Waals surface area contributed by atoms with E-state index >= 15 is 0 Å². The summed E-state index contributed by atoms with van der Waals surface area (Å²) in [6, 6.07) is 6.13. The molecule has 3 heteroatoms. The van der Waals surface area contributed by atoms with E-state index < -0.39 is 0 Å². The first kappa shape index (κ1) is 9.77. The van der Waals surface area contributed by atoms with E-state index in [1.807, 2.05) is 13.8 Å². The van der Waals surface area contributed by atoms with Crippen LogP contribution in [0.5, 0.6) is 0 Å². The van der Waals surface area contributed by atoms with Crippen molar-refractivity contribution in [1.82, 2.24) is 0 Å². The minimum Gasteiger partial charge on any atom is -0.198 e. The highest BCUT2D eigenvalue weighted by Crippen LogP contribution is 2.28. The van der Waals surface area contributed by atoms with Gasteiger partial charge in [-0.15, -0.1) is 11.3 Å². The maximum atomic E-state index is 8.91. The lowest BCUT2D eigenvalue weighted by molar-refractivity contribution is 0.594. The Labute approximate surface area is 82.0 Å². The molecule has 13 heavy (non-hydrogen) atoms. The summed E-state index contributed by atoms with van der Waals surface area (Å²) < 4.78 is 0. The number of nitrogens with zero attached hydrogens (tertiary/aromatic N) is 2. The first-order chi connectivity index (χ1) is 6.19. The zero-order valence-electron chi connectivity index (χ0n) is 7.61. The molecule has 2 nitrogen and oxygen atoms in total. The maximum absolute atomic E-state index is 8.91. The van der Waals surface area contributed by atoms with Crippen LogP contribution in [0.1, 0.15) is 30.2 Å². The van der Waals surface area contributed by atoms with Crippen molar-refractivity contribution in [3.05, 3.63) is 21.9 Å². The molecule has 0 saturated carbocycles. The Morgan fingerprint density at radius 3 is 2.46 bits per heavy atom. The van der Waals surface area contributed by atoms with Gasteiger partial charge in [0.1, 0.15) is 6.07 Å². The standard InChI is InChI=1S/C10H10N2S/c1-7(2)9(5-12)10-3-8(4-11)6-13-10/h3,6-7,9H,1-2H3. The summed E-state index contributed by atoms with van der Waals surface area (Å²) in [6.45, 7) is 4.03. The predicted octanol–water partition coefficient (Wildman–Crippen LogP) is 2.88. The van der Waals surface area contributed by atoms with Crippen LogP contribution in [0.2, 0.25) is 0 Å². The summed E-state index contributed by atoms with van der Waals surface area (Å²) in [5, 5.41) is 19.3. The Bertz CT molecular complexity index is 365. The molecule has 1 aromatic heterocycles. The summed E-state index contributed by atoms with van der Waals surface area (Å²) in [5.41, 5.74) is 0.654. The Balaban J connectivity index is 2.95. The molecule has 0 aromatic carbocycles. The van der Waals surface area contributed by atoms with Gasteiger partial charge in [0.25, 0.3) is 0 Å². The average Bonchev–Trinajstić information content (AvgIpc) is 2.53. The number of nitriles is 2. The summed E-state index contributed by atoms with van der Waals surface area (Å²) in [6.07, 6.45) is 0. The minimum atomic E-state index is -0.0768. The van der Waals surface area contributed by atoms with Gasteiger partial charge in [0.05, 0.1) is 17.6 Å². The molecule has 1 atom stereocenters. The summed E-state index contributed by atoms with van der Waals surface area (Å²) in [5.74, 6) is 0.224. The van der Waals surface area contributed by atoms with Crippen molar-refractivity contribution in [2.45, 2.75) is 19.8 Å². The van der Waals surface area contributed by atoms with Crippen molar-refractivity contribution in [2.75, 3.05) is 0 Å². The molecule has 0 aliphatic carbocycles.